The van der Waals surface area contributed by atoms with Crippen molar-refractivity contribution in [2.75, 3.05) is 12.5 Å². The van der Waals surface area contributed by atoms with Gasteiger partial charge in [0.25, 0.3) is 0 Å². The Morgan fingerprint density at radius 1 is 1.22 bits per heavy atom. The highest BCUT2D eigenvalue weighted by atomic mass is 32.1. The fourth-order valence-electron chi connectivity index (χ4n) is 2.11. The number of nitrogens with two attached hydrogens (primary N) is 1. The Bertz CT molecular complexity index is 555. The lowest BCUT2D eigenvalue weighted by atomic mass is 9.99. The zero-order chi connectivity index (χ0) is 13.3. The molecule has 0 aliphatic rings. The van der Waals surface area contributed by atoms with Crippen molar-refractivity contribution in [3.8, 4) is 17.0 Å². The molecule has 1 heterocycles. The number of anilines is 1. The first-order chi connectivity index (χ1) is 8.56. The van der Waals surface area contributed by atoms with Crippen LogP contribution in [-0.2, 0) is 0 Å². The summed E-state index contributed by atoms with van der Waals surface area (Å²) in [4.78, 5) is 5.67. The van der Waals surface area contributed by atoms with Crippen molar-refractivity contribution in [3.05, 3.63) is 28.1 Å². The summed E-state index contributed by atoms with van der Waals surface area (Å²) in [5.41, 5.74) is 7.06. The number of thiazole rings is 1. The second-order valence-corrected chi connectivity index (χ2v) is 5.41. The summed E-state index contributed by atoms with van der Waals surface area (Å²) >= 11 is 1.56. The fraction of sp³-hybridized carbons (Fsp3) is 0.308. The van der Waals surface area contributed by atoms with Crippen molar-refractivity contribution in [1.29, 1.82) is 0 Å². The van der Waals surface area contributed by atoms with Gasteiger partial charge in [0, 0.05) is 10.4 Å². The highest BCUT2D eigenvalue weighted by Gasteiger charge is 2.14. The minimum absolute atomic E-state index is 0.733. The summed E-state index contributed by atoms with van der Waals surface area (Å²) in [5, 5.41) is 0.733. The number of aromatic nitrogens is 1. The largest absolute Gasteiger partial charge is 0.497 e. The molecule has 2 rings (SSSR count). The molecule has 0 amide bonds. The molecular formula is C13H17N3OS. The van der Waals surface area contributed by atoms with E-state index in [1.165, 1.54) is 0 Å². The highest BCUT2D eigenvalue weighted by molar-refractivity contribution is 7.15. The summed E-state index contributed by atoms with van der Waals surface area (Å²) < 4.78 is 5.27. The zero-order valence-corrected chi connectivity index (χ0v) is 11.8. The average Bonchev–Trinajstić information content (AvgIpc) is 2.70. The van der Waals surface area contributed by atoms with Gasteiger partial charge in [0.1, 0.15) is 5.75 Å². The van der Waals surface area contributed by atoms with Gasteiger partial charge in [-0.2, -0.15) is 0 Å². The van der Waals surface area contributed by atoms with Gasteiger partial charge in [-0.1, -0.05) is 0 Å². The molecule has 0 saturated heterocycles. The molecule has 18 heavy (non-hydrogen) atoms. The monoisotopic (exact) mass is 263 g/mol. The minimum atomic E-state index is 0.733. The lowest BCUT2D eigenvalue weighted by molar-refractivity contribution is 0.414. The van der Waals surface area contributed by atoms with Crippen LogP contribution in [0.1, 0.15) is 16.0 Å². The molecule has 0 aliphatic heterocycles. The minimum Gasteiger partial charge on any atom is -0.497 e. The maximum Gasteiger partial charge on any atom is 0.197 e. The van der Waals surface area contributed by atoms with Crippen LogP contribution in [0, 0.1) is 20.8 Å². The van der Waals surface area contributed by atoms with Crippen LogP contribution in [0.3, 0.4) is 0 Å². The van der Waals surface area contributed by atoms with Gasteiger partial charge < -0.3 is 4.74 Å². The van der Waals surface area contributed by atoms with Gasteiger partial charge in [-0.15, -0.1) is 11.3 Å². The number of hydrazine groups is 1. The van der Waals surface area contributed by atoms with Gasteiger partial charge >= 0.3 is 0 Å². The van der Waals surface area contributed by atoms with E-state index in [9.17, 15) is 0 Å². The molecule has 0 saturated carbocycles. The maximum absolute atomic E-state index is 5.41. The molecular weight excluding hydrogens is 246 g/mol. The fourth-order valence-corrected chi connectivity index (χ4v) is 2.84. The summed E-state index contributed by atoms with van der Waals surface area (Å²) in [7, 11) is 1.68. The summed E-state index contributed by atoms with van der Waals surface area (Å²) in [6.07, 6.45) is 0. The van der Waals surface area contributed by atoms with Crippen LogP contribution in [0.5, 0.6) is 5.75 Å². The van der Waals surface area contributed by atoms with E-state index < -0.39 is 0 Å². The Labute approximate surface area is 111 Å². The summed E-state index contributed by atoms with van der Waals surface area (Å²) in [5.74, 6) is 6.28. The smallest absolute Gasteiger partial charge is 0.197 e. The molecule has 0 atom stereocenters. The van der Waals surface area contributed by atoms with Crippen LogP contribution in [0.15, 0.2) is 12.1 Å². The van der Waals surface area contributed by atoms with Crippen LogP contribution < -0.4 is 16.0 Å². The second-order valence-electron chi connectivity index (χ2n) is 4.20. The number of nitrogen functional groups attached to an aromatic ring is 1. The predicted octanol–water partition coefficient (Wildman–Crippen LogP) is 3.03. The molecule has 0 aliphatic carbocycles. The Balaban J connectivity index is 2.59. The zero-order valence-electron chi connectivity index (χ0n) is 11.0. The van der Waals surface area contributed by atoms with Gasteiger partial charge in [0.05, 0.1) is 12.8 Å². The number of aryl methyl sites for hydroxylation is 3. The number of rotatable bonds is 3. The van der Waals surface area contributed by atoms with E-state index in [0.29, 0.717) is 0 Å². The van der Waals surface area contributed by atoms with E-state index in [1.807, 2.05) is 12.1 Å². The van der Waals surface area contributed by atoms with Crippen molar-refractivity contribution < 1.29 is 4.74 Å². The van der Waals surface area contributed by atoms with Gasteiger partial charge in [-0.3, -0.25) is 5.43 Å². The molecule has 1 aromatic carbocycles. The van der Waals surface area contributed by atoms with Crippen molar-refractivity contribution in [2.45, 2.75) is 20.8 Å². The average molecular weight is 263 g/mol. The molecule has 3 N–H and O–H groups in total. The number of nitrogens with one attached hydrogen (secondary N) is 1. The highest BCUT2D eigenvalue weighted by Crippen LogP contribution is 2.35. The normalized spacial score (nSPS) is 10.5. The molecule has 5 heteroatoms. The van der Waals surface area contributed by atoms with Crippen molar-refractivity contribution in [1.82, 2.24) is 4.98 Å². The molecule has 1 aromatic heterocycles. The van der Waals surface area contributed by atoms with E-state index in [2.05, 4.69) is 31.2 Å². The summed E-state index contributed by atoms with van der Waals surface area (Å²) in [6.45, 7) is 6.19. The lowest BCUT2D eigenvalue weighted by Crippen LogP contribution is -2.05. The van der Waals surface area contributed by atoms with E-state index in [1.54, 1.807) is 18.4 Å². The standard InChI is InChI=1S/C13H17N3OS/c1-7-5-10(17-4)6-8(2)11(7)12-9(3)18-13(15-12)16-14/h5-6H,14H2,1-4H3,(H,15,16). The van der Waals surface area contributed by atoms with Crippen LogP contribution >= 0.6 is 11.3 Å². The predicted molar refractivity (Wildman–Crippen MR) is 76.1 cm³/mol. The van der Waals surface area contributed by atoms with Crippen LogP contribution in [0.25, 0.3) is 11.3 Å². The number of hydrogen-bond acceptors (Lipinski definition) is 5. The third-order valence-corrected chi connectivity index (χ3v) is 3.80. The molecule has 0 bridgehead atoms. The Morgan fingerprint density at radius 3 is 2.28 bits per heavy atom. The lowest BCUT2D eigenvalue weighted by Gasteiger charge is -2.11. The first kappa shape index (κ1) is 12.9. The Hall–Kier alpha value is -1.59. The topological polar surface area (TPSA) is 60.2 Å². The molecule has 96 valence electrons. The molecule has 2 aromatic rings. The van der Waals surface area contributed by atoms with E-state index in [4.69, 9.17) is 10.6 Å². The van der Waals surface area contributed by atoms with Crippen LogP contribution in [0.4, 0.5) is 5.13 Å². The second kappa shape index (κ2) is 4.96. The van der Waals surface area contributed by atoms with Gasteiger partial charge in [0.2, 0.25) is 0 Å². The van der Waals surface area contributed by atoms with Crippen LogP contribution in [-0.4, -0.2) is 12.1 Å². The number of methoxy groups -OCH3 is 1. The van der Waals surface area contributed by atoms with Gasteiger partial charge in [-0.25, -0.2) is 10.8 Å². The van der Waals surface area contributed by atoms with E-state index in [0.717, 1.165) is 38.1 Å². The van der Waals surface area contributed by atoms with Crippen molar-refractivity contribution >= 4 is 16.5 Å². The van der Waals surface area contributed by atoms with E-state index >= 15 is 0 Å². The van der Waals surface area contributed by atoms with Gasteiger partial charge in [0.15, 0.2) is 5.13 Å². The van der Waals surface area contributed by atoms with E-state index in [-0.39, 0.29) is 0 Å². The number of nitrogens with zero attached hydrogens (tertiary/aromatic N) is 1. The summed E-state index contributed by atoms with van der Waals surface area (Å²) in [6, 6.07) is 4.05. The third kappa shape index (κ3) is 2.19. The number of ether oxygens (including phenoxy) is 1. The third-order valence-electron chi connectivity index (χ3n) is 2.90. The number of benzene rings is 1. The van der Waals surface area contributed by atoms with Crippen molar-refractivity contribution in [3.63, 3.8) is 0 Å². The molecule has 0 radical (unpaired) electrons. The van der Waals surface area contributed by atoms with Gasteiger partial charge in [-0.05, 0) is 44.0 Å². The van der Waals surface area contributed by atoms with Crippen molar-refractivity contribution in [2.24, 2.45) is 5.84 Å². The maximum atomic E-state index is 5.41. The first-order valence-corrected chi connectivity index (χ1v) is 6.48. The number of hydrogen-bond donors (Lipinski definition) is 2. The molecule has 0 unspecified atom stereocenters. The molecule has 4 nitrogen and oxygen atoms in total. The quantitative estimate of drug-likeness (QED) is 0.660. The Morgan fingerprint density at radius 2 is 1.83 bits per heavy atom. The first-order valence-electron chi connectivity index (χ1n) is 5.66. The molecule has 0 spiro atoms. The Kier molecular flexibility index (Phi) is 3.54. The molecule has 0 fully saturated rings. The SMILES string of the molecule is COc1cc(C)c(-c2nc(NN)sc2C)c(C)c1. The van der Waals surface area contributed by atoms with Crippen LogP contribution in [0.2, 0.25) is 0 Å².